The van der Waals surface area contributed by atoms with Gasteiger partial charge in [-0.2, -0.15) is 0 Å². The highest BCUT2D eigenvalue weighted by Gasteiger charge is 2.19. The molecule has 0 radical (unpaired) electrons. The first-order chi connectivity index (χ1) is 8.26. The standard InChI is InChI=1S/C12H14I3NO2/c1-12(2,6-17)5-16-11(18)8-3-7(13)4-9(14)10(8)15/h3-4,17H,5-6H2,1-2H3,(H,16,18). The quantitative estimate of drug-likeness (QED) is 0.422. The van der Waals surface area contributed by atoms with Crippen LogP contribution in [0.4, 0.5) is 0 Å². The number of halogens is 3. The smallest absolute Gasteiger partial charge is 0.252 e. The van der Waals surface area contributed by atoms with Crippen molar-refractivity contribution < 1.29 is 9.90 Å². The lowest BCUT2D eigenvalue weighted by atomic mass is 9.95. The minimum Gasteiger partial charge on any atom is -0.396 e. The van der Waals surface area contributed by atoms with Crippen LogP contribution in [0, 0.1) is 16.1 Å². The zero-order chi connectivity index (χ0) is 13.9. The number of carbonyl (C=O) groups is 1. The summed E-state index contributed by atoms with van der Waals surface area (Å²) in [7, 11) is 0. The van der Waals surface area contributed by atoms with E-state index >= 15 is 0 Å². The van der Waals surface area contributed by atoms with Crippen LogP contribution in [0.15, 0.2) is 12.1 Å². The summed E-state index contributed by atoms with van der Waals surface area (Å²) in [4.78, 5) is 12.1. The Bertz CT molecular complexity index is 461. The van der Waals surface area contributed by atoms with Gasteiger partial charge in [-0.05, 0) is 79.9 Å². The largest absolute Gasteiger partial charge is 0.396 e. The minimum absolute atomic E-state index is 0.0498. The number of aliphatic hydroxyl groups excluding tert-OH is 1. The maximum absolute atomic E-state index is 12.1. The van der Waals surface area contributed by atoms with Crippen LogP contribution in [0.3, 0.4) is 0 Å². The number of nitrogens with one attached hydrogen (secondary N) is 1. The molecule has 0 bridgehead atoms. The van der Waals surface area contributed by atoms with Crippen molar-refractivity contribution in [1.82, 2.24) is 5.32 Å². The maximum atomic E-state index is 12.1. The third kappa shape index (κ3) is 4.75. The van der Waals surface area contributed by atoms with Gasteiger partial charge in [0.1, 0.15) is 0 Å². The molecule has 1 aromatic rings. The zero-order valence-corrected chi connectivity index (χ0v) is 16.5. The summed E-state index contributed by atoms with van der Waals surface area (Å²) < 4.78 is 3.09. The highest BCUT2D eigenvalue weighted by molar-refractivity contribution is 14.1. The van der Waals surface area contributed by atoms with Gasteiger partial charge in [-0.25, -0.2) is 0 Å². The molecule has 0 fully saturated rings. The maximum Gasteiger partial charge on any atom is 0.252 e. The lowest BCUT2D eigenvalue weighted by molar-refractivity contribution is 0.0910. The molecular weight excluding hydrogens is 571 g/mol. The molecule has 0 heterocycles. The fraction of sp³-hybridized carbons (Fsp3) is 0.417. The Labute approximate surface area is 148 Å². The number of hydrogen-bond acceptors (Lipinski definition) is 2. The van der Waals surface area contributed by atoms with E-state index in [2.05, 4.69) is 73.1 Å². The average molecular weight is 585 g/mol. The topological polar surface area (TPSA) is 49.3 Å². The van der Waals surface area contributed by atoms with E-state index in [1.165, 1.54) is 0 Å². The highest BCUT2D eigenvalue weighted by atomic mass is 127. The van der Waals surface area contributed by atoms with Gasteiger partial charge in [-0.1, -0.05) is 13.8 Å². The van der Waals surface area contributed by atoms with Crippen LogP contribution in [0.2, 0.25) is 0 Å². The first-order valence-electron chi connectivity index (χ1n) is 5.30. The number of aliphatic hydroxyl groups is 1. The second-order valence-corrected chi connectivity index (χ2v) is 8.24. The van der Waals surface area contributed by atoms with Crippen molar-refractivity contribution in [3.8, 4) is 0 Å². The molecule has 0 saturated carbocycles. The van der Waals surface area contributed by atoms with Crippen molar-refractivity contribution in [2.24, 2.45) is 5.41 Å². The molecule has 0 aliphatic carbocycles. The molecule has 1 aromatic carbocycles. The van der Waals surface area contributed by atoms with Gasteiger partial charge in [0.2, 0.25) is 0 Å². The van der Waals surface area contributed by atoms with E-state index in [1.54, 1.807) is 0 Å². The summed E-state index contributed by atoms with van der Waals surface area (Å²) in [6.07, 6.45) is 0. The minimum atomic E-state index is -0.295. The molecule has 18 heavy (non-hydrogen) atoms. The molecular formula is C12H14I3NO2. The van der Waals surface area contributed by atoms with E-state index in [4.69, 9.17) is 5.11 Å². The summed E-state index contributed by atoms with van der Waals surface area (Å²) in [5.74, 6) is -0.0858. The predicted octanol–water partition coefficient (Wildman–Crippen LogP) is 3.25. The molecule has 2 N–H and O–H groups in total. The van der Waals surface area contributed by atoms with Crippen LogP contribution >= 0.6 is 67.8 Å². The normalized spacial score (nSPS) is 11.4. The summed E-state index contributed by atoms with van der Waals surface area (Å²) in [5, 5.41) is 12.0. The fourth-order valence-electron chi connectivity index (χ4n) is 1.19. The molecule has 0 spiro atoms. The molecule has 0 aliphatic rings. The van der Waals surface area contributed by atoms with Crippen LogP contribution in [0.25, 0.3) is 0 Å². The van der Waals surface area contributed by atoms with Gasteiger partial charge in [0, 0.05) is 29.3 Å². The second-order valence-electron chi connectivity index (χ2n) is 4.75. The van der Waals surface area contributed by atoms with Gasteiger partial charge >= 0.3 is 0 Å². The van der Waals surface area contributed by atoms with Gasteiger partial charge in [-0.3, -0.25) is 4.79 Å². The lowest BCUT2D eigenvalue weighted by Gasteiger charge is -2.22. The number of rotatable bonds is 4. The Morgan fingerprint density at radius 3 is 2.50 bits per heavy atom. The third-order valence-electron chi connectivity index (χ3n) is 2.39. The van der Waals surface area contributed by atoms with E-state index in [1.807, 2.05) is 26.0 Å². The van der Waals surface area contributed by atoms with Crippen molar-refractivity contribution >= 4 is 73.7 Å². The average Bonchev–Trinajstić information content (AvgIpc) is 2.31. The van der Waals surface area contributed by atoms with Crippen molar-refractivity contribution in [3.05, 3.63) is 28.4 Å². The van der Waals surface area contributed by atoms with Gasteiger partial charge in [-0.15, -0.1) is 0 Å². The second kappa shape index (κ2) is 7.02. The third-order valence-corrected chi connectivity index (χ3v) is 6.06. The fourth-order valence-corrected chi connectivity index (χ4v) is 3.59. The Hall–Kier alpha value is 0.840. The Morgan fingerprint density at radius 2 is 1.94 bits per heavy atom. The first-order valence-corrected chi connectivity index (χ1v) is 8.54. The van der Waals surface area contributed by atoms with E-state index in [-0.39, 0.29) is 17.9 Å². The summed E-state index contributed by atoms with van der Waals surface area (Å²) >= 11 is 6.62. The van der Waals surface area contributed by atoms with E-state index in [0.717, 1.165) is 10.7 Å². The van der Waals surface area contributed by atoms with E-state index in [9.17, 15) is 4.79 Å². The highest BCUT2D eigenvalue weighted by Crippen LogP contribution is 2.23. The SMILES string of the molecule is CC(C)(CO)CNC(=O)c1cc(I)cc(I)c1I. The van der Waals surface area contributed by atoms with Crippen LogP contribution in [-0.4, -0.2) is 24.2 Å². The first kappa shape index (κ1) is 16.9. The van der Waals surface area contributed by atoms with E-state index < -0.39 is 0 Å². The molecule has 0 atom stereocenters. The van der Waals surface area contributed by atoms with Gasteiger partial charge in [0.15, 0.2) is 0 Å². The van der Waals surface area contributed by atoms with Gasteiger partial charge in [0.05, 0.1) is 5.56 Å². The number of amides is 1. The van der Waals surface area contributed by atoms with Gasteiger partial charge in [0.25, 0.3) is 5.91 Å². The summed E-state index contributed by atoms with van der Waals surface area (Å²) in [5.41, 5.74) is 0.400. The van der Waals surface area contributed by atoms with Crippen molar-refractivity contribution in [1.29, 1.82) is 0 Å². The van der Waals surface area contributed by atoms with Crippen LogP contribution in [0.1, 0.15) is 24.2 Å². The van der Waals surface area contributed by atoms with Crippen molar-refractivity contribution in [2.45, 2.75) is 13.8 Å². The van der Waals surface area contributed by atoms with Crippen molar-refractivity contribution in [3.63, 3.8) is 0 Å². The summed E-state index contributed by atoms with van der Waals surface area (Å²) in [6.45, 7) is 4.34. The van der Waals surface area contributed by atoms with Crippen LogP contribution in [0.5, 0.6) is 0 Å². The number of hydrogen-bond donors (Lipinski definition) is 2. The Kier molecular flexibility index (Phi) is 6.59. The molecule has 0 saturated heterocycles. The van der Waals surface area contributed by atoms with Crippen LogP contribution in [-0.2, 0) is 0 Å². The molecule has 0 aliphatic heterocycles. The number of carbonyl (C=O) groups excluding carboxylic acids is 1. The molecule has 1 amide bonds. The lowest BCUT2D eigenvalue weighted by Crippen LogP contribution is -2.36. The van der Waals surface area contributed by atoms with Crippen LogP contribution < -0.4 is 5.32 Å². The molecule has 6 heteroatoms. The molecule has 1 rings (SSSR count). The van der Waals surface area contributed by atoms with E-state index in [0.29, 0.717) is 12.1 Å². The zero-order valence-electron chi connectivity index (χ0n) is 10.1. The molecule has 100 valence electrons. The molecule has 0 unspecified atom stereocenters. The molecule has 3 nitrogen and oxygen atoms in total. The predicted molar refractivity (Wildman–Crippen MR) is 97.8 cm³/mol. The van der Waals surface area contributed by atoms with Gasteiger partial charge < -0.3 is 10.4 Å². The van der Waals surface area contributed by atoms with Crippen molar-refractivity contribution in [2.75, 3.05) is 13.2 Å². The Balaban J connectivity index is 2.85. The Morgan fingerprint density at radius 1 is 1.33 bits per heavy atom. The number of benzene rings is 1. The molecule has 0 aromatic heterocycles. The monoisotopic (exact) mass is 585 g/mol. The summed E-state index contributed by atoms with van der Waals surface area (Å²) in [6, 6.07) is 3.92.